The van der Waals surface area contributed by atoms with Crippen LogP contribution in [0.25, 0.3) is 0 Å². The number of rotatable bonds is 5. The van der Waals surface area contributed by atoms with Crippen molar-refractivity contribution in [2.24, 2.45) is 0 Å². The number of ether oxygens (including phenoxy) is 1. The number of benzene rings is 2. The van der Waals surface area contributed by atoms with Crippen LogP contribution in [0.15, 0.2) is 54.6 Å². The standard InChI is InChI=1S/C20H25N4OP/c1-25-18-9-7-16(8-10-18)19(21-17-5-3-2-4-6-17)20-24-12-22-11-23(13-24)15-26(20)14-22/h2-10,19-21H,11-15H2,1H3. The lowest BCUT2D eigenvalue weighted by Gasteiger charge is -2.60. The highest BCUT2D eigenvalue weighted by Gasteiger charge is 2.48. The maximum atomic E-state index is 5.37. The first kappa shape index (κ1) is 16.5. The Kier molecular flexibility index (Phi) is 4.33. The maximum Gasteiger partial charge on any atom is 0.118 e. The van der Waals surface area contributed by atoms with E-state index in [1.54, 1.807) is 7.11 Å². The summed E-state index contributed by atoms with van der Waals surface area (Å²) >= 11 is 0. The molecule has 26 heavy (non-hydrogen) atoms. The lowest BCUT2D eigenvalue weighted by Crippen LogP contribution is -2.67. The summed E-state index contributed by atoms with van der Waals surface area (Å²) in [6, 6.07) is 19.5. The van der Waals surface area contributed by atoms with Crippen molar-refractivity contribution >= 4 is 13.6 Å². The first-order chi connectivity index (χ1) is 12.8. The molecule has 0 radical (unpaired) electrons. The van der Waals surface area contributed by atoms with E-state index in [0.29, 0.717) is 11.8 Å². The Bertz CT molecular complexity index is 726. The van der Waals surface area contributed by atoms with Gasteiger partial charge in [0.1, 0.15) is 5.75 Å². The van der Waals surface area contributed by atoms with Crippen molar-refractivity contribution in [1.82, 2.24) is 14.7 Å². The van der Waals surface area contributed by atoms with Crippen molar-refractivity contribution < 1.29 is 4.74 Å². The fourth-order valence-electron chi connectivity index (χ4n) is 4.51. The van der Waals surface area contributed by atoms with Crippen LogP contribution in [0.1, 0.15) is 11.6 Å². The Hall–Kier alpha value is -1.65. The molecular weight excluding hydrogens is 343 g/mol. The van der Waals surface area contributed by atoms with Gasteiger partial charge in [-0.25, -0.2) is 0 Å². The summed E-state index contributed by atoms with van der Waals surface area (Å²) < 4.78 is 5.37. The summed E-state index contributed by atoms with van der Waals surface area (Å²) in [7, 11) is 1.67. The number of hydrogen-bond donors (Lipinski definition) is 1. The zero-order chi connectivity index (χ0) is 17.5. The third-order valence-corrected chi connectivity index (χ3v) is 8.44. The number of nitrogens with one attached hydrogen (secondary N) is 1. The minimum atomic E-state index is -0.0615. The second-order valence-electron chi connectivity index (χ2n) is 7.40. The van der Waals surface area contributed by atoms with E-state index in [4.69, 9.17) is 4.74 Å². The highest BCUT2D eigenvalue weighted by molar-refractivity contribution is 7.58. The van der Waals surface area contributed by atoms with Gasteiger partial charge in [0.05, 0.1) is 38.9 Å². The summed E-state index contributed by atoms with van der Waals surface area (Å²) in [5.74, 6) is 1.49. The summed E-state index contributed by atoms with van der Waals surface area (Å²) in [4.78, 5) is 7.87. The Balaban J connectivity index is 1.48. The highest BCUT2D eigenvalue weighted by atomic mass is 31.1. The Labute approximate surface area is 156 Å². The summed E-state index contributed by atoms with van der Waals surface area (Å²) in [5.41, 5.74) is 2.54. The molecule has 4 unspecified atom stereocenters. The van der Waals surface area contributed by atoms with Crippen LogP contribution in [0.4, 0.5) is 5.69 Å². The third kappa shape index (κ3) is 2.99. The first-order valence-electron chi connectivity index (χ1n) is 9.18. The van der Waals surface area contributed by atoms with Gasteiger partial charge in [0, 0.05) is 18.3 Å². The molecule has 1 N–H and O–H groups in total. The minimum absolute atomic E-state index is 0.0615. The average molecular weight is 368 g/mol. The summed E-state index contributed by atoms with van der Waals surface area (Å²) in [6.07, 6.45) is 2.55. The molecule has 4 fully saturated rings. The Morgan fingerprint density at radius 3 is 2.27 bits per heavy atom. The molecule has 2 aromatic carbocycles. The van der Waals surface area contributed by atoms with E-state index in [1.807, 2.05) is 0 Å². The van der Waals surface area contributed by atoms with E-state index in [1.165, 1.54) is 23.8 Å². The van der Waals surface area contributed by atoms with Crippen LogP contribution in [0.5, 0.6) is 5.75 Å². The maximum absolute atomic E-state index is 5.37. The molecule has 4 aliphatic heterocycles. The number of nitrogens with zero attached hydrogens (tertiary/aromatic N) is 3. The van der Waals surface area contributed by atoms with Crippen molar-refractivity contribution in [3.8, 4) is 5.75 Å². The van der Waals surface area contributed by atoms with Gasteiger partial charge in [0.25, 0.3) is 0 Å². The van der Waals surface area contributed by atoms with E-state index in [2.05, 4.69) is 74.6 Å². The first-order valence-corrected chi connectivity index (χ1v) is 11.0. The number of para-hydroxylation sites is 1. The predicted molar refractivity (Wildman–Crippen MR) is 106 cm³/mol. The second kappa shape index (κ2) is 6.82. The Morgan fingerprint density at radius 1 is 0.962 bits per heavy atom. The van der Waals surface area contributed by atoms with Crippen LogP contribution >= 0.6 is 7.92 Å². The van der Waals surface area contributed by atoms with E-state index >= 15 is 0 Å². The zero-order valence-electron chi connectivity index (χ0n) is 15.1. The topological polar surface area (TPSA) is 31.0 Å². The van der Waals surface area contributed by atoms with Crippen LogP contribution < -0.4 is 10.1 Å². The molecule has 0 spiro atoms. The molecule has 2 aromatic rings. The molecule has 4 heterocycles. The van der Waals surface area contributed by atoms with Gasteiger partial charge < -0.3 is 10.1 Å². The molecule has 0 saturated carbocycles. The molecule has 4 bridgehead atoms. The predicted octanol–water partition coefficient (Wildman–Crippen LogP) is 3.39. The van der Waals surface area contributed by atoms with Crippen LogP contribution in [-0.2, 0) is 0 Å². The molecule has 0 aliphatic carbocycles. The summed E-state index contributed by atoms with van der Waals surface area (Å²) in [6.45, 7) is 3.35. The van der Waals surface area contributed by atoms with Gasteiger partial charge in [0.15, 0.2) is 0 Å². The number of methoxy groups -OCH3 is 1. The molecular formula is C20H25N4OP. The normalized spacial score (nSPS) is 33.0. The van der Waals surface area contributed by atoms with Gasteiger partial charge in [-0.05, 0) is 29.8 Å². The van der Waals surface area contributed by atoms with Crippen LogP contribution in [-0.4, -0.2) is 60.2 Å². The van der Waals surface area contributed by atoms with Gasteiger partial charge in [-0.2, -0.15) is 0 Å². The SMILES string of the molecule is COc1ccc(C(Nc2ccccc2)C2N3CN4CN(C3)CP2C4)cc1. The van der Waals surface area contributed by atoms with Crippen molar-refractivity contribution in [2.75, 3.05) is 45.0 Å². The number of hydrogen-bond acceptors (Lipinski definition) is 5. The monoisotopic (exact) mass is 368 g/mol. The second-order valence-corrected chi connectivity index (χ2v) is 9.67. The summed E-state index contributed by atoms with van der Waals surface area (Å²) in [5, 5.41) is 3.86. The largest absolute Gasteiger partial charge is 0.497 e. The Morgan fingerprint density at radius 2 is 1.65 bits per heavy atom. The molecule has 136 valence electrons. The fraction of sp³-hybridized carbons (Fsp3) is 0.400. The van der Waals surface area contributed by atoms with E-state index < -0.39 is 0 Å². The van der Waals surface area contributed by atoms with E-state index in [-0.39, 0.29) is 7.92 Å². The lowest BCUT2D eigenvalue weighted by molar-refractivity contribution is -0.0493. The van der Waals surface area contributed by atoms with Crippen molar-refractivity contribution in [3.05, 3.63) is 60.2 Å². The minimum Gasteiger partial charge on any atom is -0.497 e. The molecule has 6 rings (SSSR count). The average Bonchev–Trinajstić information content (AvgIpc) is 2.67. The van der Waals surface area contributed by atoms with Gasteiger partial charge in [0.2, 0.25) is 0 Å². The van der Waals surface area contributed by atoms with Crippen LogP contribution in [0.3, 0.4) is 0 Å². The molecule has 0 amide bonds. The number of anilines is 1. The smallest absolute Gasteiger partial charge is 0.118 e. The van der Waals surface area contributed by atoms with E-state index in [9.17, 15) is 0 Å². The van der Waals surface area contributed by atoms with Gasteiger partial charge in [-0.1, -0.05) is 38.3 Å². The van der Waals surface area contributed by atoms with Gasteiger partial charge in [-0.15, -0.1) is 0 Å². The zero-order valence-corrected chi connectivity index (χ0v) is 16.0. The molecule has 5 nitrogen and oxygen atoms in total. The van der Waals surface area contributed by atoms with Gasteiger partial charge >= 0.3 is 0 Å². The fourth-order valence-corrected chi connectivity index (χ4v) is 7.60. The van der Waals surface area contributed by atoms with E-state index in [0.717, 1.165) is 25.8 Å². The molecule has 4 aliphatic rings. The molecule has 4 atom stereocenters. The molecule has 0 aromatic heterocycles. The van der Waals surface area contributed by atoms with Crippen LogP contribution in [0.2, 0.25) is 0 Å². The highest BCUT2D eigenvalue weighted by Crippen LogP contribution is 2.57. The van der Waals surface area contributed by atoms with Gasteiger partial charge in [-0.3, -0.25) is 14.7 Å². The molecule has 4 saturated heterocycles. The van der Waals surface area contributed by atoms with Crippen LogP contribution in [0, 0.1) is 0 Å². The van der Waals surface area contributed by atoms with Crippen molar-refractivity contribution in [2.45, 2.75) is 11.8 Å². The van der Waals surface area contributed by atoms with Crippen molar-refractivity contribution in [3.63, 3.8) is 0 Å². The quantitative estimate of drug-likeness (QED) is 0.818. The van der Waals surface area contributed by atoms with Crippen molar-refractivity contribution in [1.29, 1.82) is 0 Å². The third-order valence-electron chi connectivity index (χ3n) is 5.54. The lowest BCUT2D eigenvalue weighted by atomic mass is 10.0. The molecule has 6 heteroatoms.